The molecule has 1 saturated carbocycles. The minimum absolute atomic E-state index is 0.0577. The lowest BCUT2D eigenvalue weighted by Gasteiger charge is -2.35. The first-order valence-electron chi connectivity index (χ1n) is 7.40. The van der Waals surface area contributed by atoms with Crippen LogP contribution < -0.4 is 5.32 Å². The van der Waals surface area contributed by atoms with Crippen molar-refractivity contribution in [2.45, 2.75) is 38.6 Å². The molecule has 4 nitrogen and oxygen atoms in total. The lowest BCUT2D eigenvalue weighted by atomic mass is 9.74. The molecule has 0 spiro atoms. The van der Waals surface area contributed by atoms with Gasteiger partial charge in [-0.3, -0.25) is 0 Å². The summed E-state index contributed by atoms with van der Waals surface area (Å²) in [6.07, 6.45) is 5.55. The average Bonchev–Trinajstić information content (AvgIpc) is 2.48. The summed E-state index contributed by atoms with van der Waals surface area (Å²) >= 11 is 0. The van der Waals surface area contributed by atoms with Crippen molar-refractivity contribution >= 4 is 5.97 Å². The van der Waals surface area contributed by atoms with Crippen LogP contribution in [0.5, 0.6) is 0 Å². The molecule has 1 aromatic rings. The summed E-state index contributed by atoms with van der Waals surface area (Å²) < 4.78 is 13.6. The third-order valence-electron chi connectivity index (χ3n) is 4.34. The number of benzene rings is 1. The number of halogens is 1. The number of carboxylic acids is 1. The molecule has 2 rings (SSSR count). The minimum Gasteiger partial charge on any atom is -0.478 e. The summed E-state index contributed by atoms with van der Waals surface area (Å²) in [7, 11) is 0. The van der Waals surface area contributed by atoms with Crippen molar-refractivity contribution in [3.63, 3.8) is 0 Å². The summed E-state index contributed by atoms with van der Waals surface area (Å²) in [6.45, 7) is 1.34. The van der Waals surface area contributed by atoms with Gasteiger partial charge in [0.1, 0.15) is 5.82 Å². The van der Waals surface area contributed by atoms with Gasteiger partial charge in [-0.25, -0.2) is 9.18 Å². The molecule has 0 aliphatic heterocycles. The van der Waals surface area contributed by atoms with Gasteiger partial charge in [-0.2, -0.15) is 0 Å². The van der Waals surface area contributed by atoms with Gasteiger partial charge in [-0.15, -0.1) is 0 Å². The maximum absolute atomic E-state index is 13.6. The summed E-state index contributed by atoms with van der Waals surface area (Å²) in [6, 6.07) is 4.16. The first-order valence-corrected chi connectivity index (χ1v) is 7.40. The standard InChI is InChI=1S/C16H22FNO3/c17-14-8-12(4-5-13(14)15(20)21)9-18-10-16(11-19)6-2-1-3-7-16/h4-5,8,18-19H,1-3,6-7,9-11H2,(H,20,21). The van der Waals surface area contributed by atoms with E-state index in [0.717, 1.165) is 25.7 Å². The van der Waals surface area contributed by atoms with E-state index < -0.39 is 11.8 Å². The molecule has 0 bridgehead atoms. The van der Waals surface area contributed by atoms with E-state index in [0.29, 0.717) is 18.7 Å². The van der Waals surface area contributed by atoms with Gasteiger partial charge in [-0.05, 0) is 30.5 Å². The van der Waals surface area contributed by atoms with Crippen molar-refractivity contribution in [3.05, 3.63) is 35.1 Å². The maximum Gasteiger partial charge on any atom is 0.338 e. The molecule has 5 heteroatoms. The highest BCUT2D eigenvalue weighted by atomic mass is 19.1. The van der Waals surface area contributed by atoms with Gasteiger partial charge >= 0.3 is 5.97 Å². The van der Waals surface area contributed by atoms with E-state index in [1.807, 2.05) is 0 Å². The Kier molecular flexibility index (Phi) is 5.31. The molecule has 0 unspecified atom stereocenters. The Morgan fingerprint density at radius 3 is 2.57 bits per heavy atom. The molecule has 21 heavy (non-hydrogen) atoms. The van der Waals surface area contributed by atoms with Crippen LogP contribution in [0.25, 0.3) is 0 Å². The van der Waals surface area contributed by atoms with Gasteiger partial charge in [0.25, 0.3) is 0 Å². The molecule has 116 valence electrons. The molecule has 1 aliphatic rings. The SMILES string of the molecule is O=C(O)c1ccc(CNCC2(CO)CCCCC2)cc1F. The largest absolute Gasteiger partial charge is 0.478 e. The Morgan fingerprint density at radius 1 is 1.29 bits per heavy atom. The normalized spacial score (nSPS) is 17.6. The zero-order valence-corrected chi connectivity index (χ0v) is 12.1. The van der Waals surface area contributed by atoms with Crippen LogP contribution >= 0.6 is 0 Å². The minimum atomic E-state index is -1.26. The summed E-state index contributed by atoms with van der Waals surface area (Å²) in [5.41, 5.74) is 0.344. The summed E-state index contributed by atoms with van der Waals surface area (Å²) in [5.74, 6) is -1.97. The molecule has 1 fully saturated rings. The van der Waals surface area contributed by atoms with Gasteiger partial charge in [0, 0.05) is 25.1 Å². The van der Waals surface area contributed by atoms with Gasteiger partial charge in [0.15, 0.2) is 0 Å². The van der Waals surface area contributed by atoms with Crippen LogP contribution in [0.15, 0.2) is 18.2 Å². The van der Waals surface area contributed by atoms with Crippen molar-refractivity contribution in [1.29, 1.82) is 0 Å². The molecule has 0 radical (unpaired) electrons. The molecule has 0 heterocycles. The van der Waals surface area contributed by atoms with E-state index >= 15 is 0 Å². The van der Waals surface area contributed by atoms with E-state index in [2.05, 4.69) is 5.32 Å². The van der Waals surface area contributed by atoms with Gasteiger partial charge < -0.3 is 15.5 Å². The number of hydrogen-bond acceptors (Lipinski definition) is 3. The van der Waals surface area contributed by atoms with Crippen molar-refractivity contribution in [3.8, 4) is 0 Å². The van der Waals surface area contributed by atoms with Gasteiger partial charge in [0.2, 0.25) is 0 Å². The van der Waals surface area contributed by atoms with E-state index in [-0.39, 0.29) is 17.6 Å². The highest BCUT2D eigenvalue weighted by molar-refractivity contribution is 5.87. The van der Waals surface area contributed by atoms with Crippen LogP contribution in [-0.2, 0) is 6.54 Å². The predicted octanol–water partition coefficient (Wildman–Crippen LogP) is 2.56. The van der Waals surface area contributed by atoms with Crippen LogP contribution in [0.3, 0.4) is 0 Å². The Hall–Kier alpha value is -1.46. The van der Waals surface area contributed by atoms with E-state index in [9.17, 15) is 14.3 Å². The first-order chi connectivity index (χ1) is 10.1. The molecule has 0 saturated heterocycles. The molecule has 1 aliphatic carbocycles. The monoisotopic (exact) mass is 295 g/mol. The maximum atomic E-state index is 13.6. The molecule has 0 atom stereocenters. The first kappa shape index (κ1) is 15.9. The van der Waals surface area contributed by atoms with Gasteiger partial charge in [-0.1, -0.05) is 25.3 Å². The zero-order chi connectivity index (χ0) is 15.3. The molecule has 3 N–H and O–H groups in total. The van der Waals surface area contributed by atoms with Crippen LogP contribution in [0, 0.1) is 11.2 Å². The second-order valence-electron chi connectivity index (χ2n) is 5.94. The lowest BCUT2D eigenvalue weighted by molar-refractivity contribution is 0.0691. The van der Waals surface area contributed by atoms with Crippen molar-refractivity contribution < 1.29 is 19.4 Å². The quantitative estimate of drug-likeness (QED) is 0.754. The highest BCUT2D eigenvalue weighted by Gasteiger charge is 2.30. The molecule has 0 aromatic heterocycles. The fourth-order valence-corrected chi connectivity index (χ4v) is 3.01. The highest BCUT2D eigenvalue weighted by Crippen LogP contribution is 2.35. The number of aliphatic hydroxyl groups excluding tert-OH is 1. The van der Waals surface area contributed by atoms with E-state index in [1.54, 1.807) is 6.07 Å². The number of nitrogens with one attached hydrogen (secondary N) is 1. The van der Waals surface area contributed by atoms with Crippen LogP contribution in [0.1, 0.15) is 48.0 Å². The van der Waals surface area contributed by atoms with Crippen molar-refractivity contribution in [2.75, 3.05) is 13.2 Å². The Balaban J connectivity index is 1.91. The van der Waals surface area contributed by atoms with Crippen molar-refractivity contribution in [1.82, 2.24) is 5.32 Å². The summed E-state index contributed by atoms with van der Waals surface area (Å²) in [4.78, 5) is 10.8. The zero-order valence-electron chi connectivity index (χ0n) is 12.1. The summed E-state index contributed by atoms with van der Waals surface area (Å²) in [5, 5.41) is 21.7. The third-order valence-corrected chi connectivity index (χ3v) is 4.34. The molecule has 1 aromatic carbocycles. The Bertz CT molecular complexity index is 498. The number of aromatic carboxylic acids is 1. The topological polar surface area (TPSA) is 69.6 Å². The van der Waals surface area contributed by atoms with Crippen molar-refractivity contribution in [2.24, 2.45) is 5.41 Å². The third kappa shape index (κ3) is 4.02. The number of carboxylic acid groups (broad SMARTS) is 1. The van der Waals surface area contributed by atoms with Crippen LogP contribution in [0.4, 0.5) is 4.39 Å². The number of rotatable bonds is 6. The smallest absolute Gasteiger partial charge is 0.338 e. The van der Waals surface area contributed by atoms with Crippen LogP contribution in [-0.4, -0.2) is 29.3 Å². The Morgan fingerprint density at radius 2 is 2.00 bits per heavy atom. The average molecular weight is 295 g/mol. The fraction of sp³-hybridized carbons (Fsp3) is 0.562. The number of hydrogen-bond donors (Lipinski definition) is 3. The molecular weight excluding hydrogens is 273 g/mol. The van der Waals surface area contributed by atoms with E-state index in [4.69, 9.17) is 5.11 Å². The number of aliphatic hydroxyl groups is 1. The second kappa shape index (κ2) is 7.00. The second-order valence-corrected chi connectivity index (χ2v) is 5.94. The number of carbonyl (C=O) groups is 1. The van der Waals surface area contributed by atoms with Crippen LogP contribution in [0.2, 0.25) is 0 Å². The predicted molar refractivity (Wildman–Crippen MR) is 77.7 cm³/mol. The molecular formula is C16H22FNO3. The fourth-order valence-electron chi connectivity index (χ4n) is 3.01. The molecule has 0 amide bonds. The van der Waals surface area contributed by atoms with E-state index in [1.165, 1.54) is 18.6 Å². The van der Waals surface area contributed by atoms with Gasteiger partial charge in [0.05, 0.1) is 5.56 Å². The lowest BCUT2D eigenvalue weighted by Crippen LogP contribution is -2.38. The Labute approximate surface area is 124 Å².